The molecular weight excluding hydrogens is 210 g/mol. The minimum Gasteiger partial charge on any atom is -0.269 e. The van der Waals surface area contributed by atoms with Crippen LogP contribution in [0.3, 0.4) is 0 Å². The van der Waals surface area contributed by atoms with Crippen LogP contribution >= 0.6 is 0 Å². The van der Waals surface area contributed by atoms with E-state index in [0.29, 0.717) is 0 Å². The van der Waals surface area contributed by atoms with Crippen LogP contribution in [0.4, 0.5) is 28.2 Å². The lowest BCUT2D eigenvalue weighted by Gasteiger charge is -1.90. The summed E-state index contributed by atoms with van der Waals surface area (Å²) in [4.78, 5) is 0. The molecule has 0 radical (unpaired) electrons. The van der Waals surface area contributed by atoms with Crippen molar-refractivity contribution < 1.29 is 28.2 Å². The van der Waals surface area contributed by atoms with Crippen molar-refractivity contribution >= 4 is 0 Å². The lowest BCUT2D eigenvalue weighted by atomic mass is 10.2. The Morgan fingerprint density at radius 3 is 0.786 bits per heavy atom. The van der Waals surface area contributed by atoms with Crippen molar-refractivity contribution in [3.05, 3.63) is 35.4 Å². The van der Waals surface area contributed by atoms with Gasteiger partial charge in [-0.25, -0.2) is 0 Å². The van der Waals surface area contributed by atoms with Gasteiger partial charge in [0, 0.05) is 0 Å². The van der Waals surface area contributed by atoms with E-state index in [1.54, 1.807) is 0 Å². The molecule has 0 aliphatic carbocycles. The fraction of sp³-hybridized carbons (Fsp3) is 0.250. The van der Waals surface area contributed by atoms with Gasteiger partial charge in [-0.2, -0.15) is 0 Å². The molecule has 0 aliphatic heterocycles. The molecule has 6 heteroatoms. The Kier molecular flexibility index (Phi) is 48.9. The van der Waals surface area contributed by atoms with Crippen molar-refractivity contribution in [2.75, 3.05) is 0 Å². The smallest absolute Gasteiger partial charge is 0.0398 e. The van der Waals surface area contributed by atoms with Gasteiger partial charge in [-0.1, -0.05) is 35.4 Å². The summed E-state index contributed by atoms with van der Waals surface area (Å²) in [5.41, 5.74) is 2.66. The molecule has 14 heavy (non-hydrogen) atoms. The molecule has 0 fully saturated rings. The van der Waals surface area contributed by atoms with Gasteiger partial charge in [0.15, 0.2) is 0 Å². The van der Waals surface area contributed by atoms with E-state index in [1.165, 1.54) is 11.1 Å². The maximum Gasteiger partial charge on any atom is -0.0398 e. The first-order valence-electron chi connectivity index (χ1n) is 2.82. The highest BCUT2D eigenvalue weighted by molar-refractivity contribution is 5.19. The molecule has 0 aromatic heterocycles. The molecule has 0 spiro atoms. The molecule has 0 aliphatic rings. The Hall–Kier alpha value is -1.20. The van der Waals surface area contributed by atoms with Crippen molar-refractivity contribution in [1.29, 1.82) is 0 Å². The molecule has 0 heterocycles. The van der Waals surface area contributed by atoms with E-state index in [0.717, 1.165) is 0 Å². The zero-order valence-corrected chi connectivity index (χ0v) is 7.76. The van der Waals surface area contributed by atoms with Gasteiger partial charge in [0.25, 0.3) is 0 Å². The second-order valence-electron chi connectivity index (χ2n) is 2.15. The fourth-order valence-electron chi connectivity index (χ4n) is 0.637. The summed E-state index contributed by atoms with van der Waals surface area (Å²) in [6.45, 7) is 4.19. The fourth-order valence-corrected chi connectivity index (χ4v) is 0.637. The second kappa shape index (κ2) is 17.8. The third kappa shape index (κ3) is 13.4. The molecule has 0 saturated carbocycles. The number of benzene rings is 1. The third-order valence-corrected chi connectivity index (χ3v) is 1.22. The van der Waals surface area contributed by atoms with Crippen LogP contribution in [0, 0.1) is 13.8 Å². The summed E-state index contributed by atoms with van der Waals surface area (Å²) in [5.74, 6) is 0. The van der Waals surface area contributed by atoms with E-state index in [-0.39, 0.29) is 28.2 Å². The number of rotatable bonds is 0. The average molecular weight is 226 g/mol. The van der Waals surface area contributed by atoms with E-state index in [4.69, 9.17) is 0 Å². The van der Waals surface area contributed by atoms with Gasteiger partial charge >= 0.3 is 0 Å². The predicted molar refractivity (Wildman–Crippen MR) is 50.9 cm³/mol. The van der Waals surface area contributed by atoms with Crippen molar-refractivity contribution in [1.82, 2.24) is 0 Å². The Morgan fingerprint density at radius 1 is 0.500 bits per heavy atom. The summed E-state index contributed by atoms with van der Waals surface area (Å²) < 4.78 is 0. The molecule has 0 amide bonds. The van der Waals surface area contributed by atoms with Crippen molar-refractivity contribution in [2.24, 2.45) is 0 Å². The minimum atomic E-state index is 0. The van der Waals surface area contributed by atoms with E-state index in [9.17, 15) is 0 Å². The van der Waals surface area contributed by atoms with Gasteiger partial charge < -0.3 is 0 Å². The Bertz CT molecular complexity index is 153. The summed E-state index contributed by atoms with van der Waals surface area (Å²) in [7, 11) is 0. The molecule has 0 N–H and O–H groups in total. The van der Waals surface area contributed by atoms with Crippen LogP contribution < -0.4 is 0 Å². The average Bonchev–Trinajstić information content (AvgIpc) is 1.77. The molecule has 0 atom stereocenters. The van der Waals surface area contributed by atoms with E-state index in [2.05, 4.69) is 38.1 Å². The van der Waals surface area contributed by atoms with Crippen LogP contribution in [0.25, 0.3) is 0 Å². The highest BCUT2D eigenvalue weighted by Crippen LogP contribution is 1.99. The normalized spacial score (nSPS) is 5.29. The van der Waals surface area contributed by atoms with Crippen molar-refractivity contribution in [2.45, 2.75) is 13.8 Å². The second-order valence-corrected chi connectivity index (χ2v) is 2.15. The Labute approximate surface area is 78.5 Å². The summed E-state index contributed by atoms with van der Waals surface area (Å²) in [6, 6.07) is 8.48. The minimum absolute atomic E-state index is 0. The zero-order chi connectivity index (χ0) is 5.98. The highest BCUT2D eigenvalue weighted by Gasteiger charge is 1.79. The van der Waals surface area contributed by atoms with Gasteiger partial charge in [0.2, 0.25) is 0 Å². The van der Waals surface area contributed by atoms with Gasteiger partial charge in [0.05, 0.1) is 0 Å². The van der Waals surface area contributed by atoms with E-state index in [1.807, 2.05) is 0 Å². The SMILES string of the molecule is Cc1ccc(C)cc1.F.F.F.F.F.F. The van der Waals surface area contributed by atoms with Crippen LogP contribution in [0.15, 0.2) is 24.3 Å². The van der Waals surface area contributed by atoms with Gasteiger partial charge in [0.1, 0.15) is 0 Å². The van der Waals surface area contributed by atoms with Crippen LogP contribution in [-0.4, -0.2) is 0 Å². The van der Waals surface area contributed by atoms with Crippen LogP contribution in [0.2, 0.25) is 0 Å². The molecule has 0 unspecified atom stereocenters. The number of hydrogen-bond donors (Lipinski definition) is 0. The van der Waals surface area contributed by atoms with Gasteiger partial charge in [-0.05, 0) is 13.8 Å². The largest absolute Gasteiger partial charge is 0.269 e. The number of halogens is 6. The van der Waals surface area contributed by atoms with E-state index < -0.39 is 0 Å². The standard InChI is InChI=1S/C8H10.6FH/c1-7-3-5-8(2)6-4-7;;;;;;/h3-6H,1-2H3;6*1H. The summed E-state index contributed by atoms with van der Waals surface area (Å²) in [6.07, 6.45) is 0. The molecule has 0 bridgehead atoms. The molecule has 1 rings (SSSR count). The molecular formula is C8H16F6. The molecule has 1 aromatic rings. The molecule has 1 aromatic carbocycles. The molecule has 0 nitrogen and oxygen atoms in total. The lowest BCUT2D eigenvalue weighted by Crippen LogP contribution is -1.70. The lowest BCUT2D eigenvalue weighted by molar-refractivity contribution is 1.11. The first kappa shape index (κ1) is 38.5. The first-order valence-corrected chi connectivity index (χ1v) is 2.82. The number of hydrogen-bond acceptors (Lipinski definition) is 0. The van der Waals surface area contributed by atoms with Crippen LogP contribution in [0.5, 0.6) is 0 Å². The Balaban J connectivity index is -0.0000000267. The summed E-state index contributed by atoms with van der Waals surface area (Å²) >= 11 is 0. The van der Waals surface area contributed by atoms with Crippen LogP contribution in [-0.2, 0) is 0 Å². The van der Waals surface area contributed by atoms with Crippen molar-refractivity contribution in [3.63, 3.8) is 0 Å². The quantitative estimate of drug-likeness (QED) is 0.596. The predicted octanol–water partition coefficient (Wildman–Crippen LogP) is 3.22. The highest BCUT2D eigenvalue weighted by atomic mass is 19.0. The van der Waals surface area contributed by atoms with Crippen LogP contribution in [0.1, 0.15) is 11.1 Å². The first-order chi connectivity index (χ1) is 3.79. The topological polar surface area (TPSA) is 0 Å². The number of aryl methyl sites for hydroxylation is 2. The monoisotopic (exact) mass is 226 g/mol. The maximum absolute atomic E-state index is 2.12. The van der Waals surface area contributed by atoms with Gasteiger partial charge in [-0.3, -0.25) is 28.2 Å². The third-order valence-electron chi connectivity index (χ3n) is 1.22. The van der Waals surface area contributed by atoms with Gasteiger partial charge in [-0.15, -0.1) is 0 Å². The molecule has 0 saturated heterocycles. The Morgan fingerprint density at radius 2 is 0.643 bits per heavy atom. The zero-order valence-electron chi connectivity index (χ0n) is 7.76. The van der Waals surface area contributed by atoms with E-state index >= 15 is 0 Å². The van der Waals surface area contributed by atoms with Crippen molar-refractivity contribution in [3.8, 4) is 0 Å². The molecule has 90 valence electrons. The summed E-state index contributed by atoms with van der Waals surface area (Å²) in [5, 5.41) is 0. The maximum atomic E-state index is 2.12.